The van der Waals surface area contributed by atoms with Gasteiger partial charge in [-0.05, 0) is 13.0 Å². The molecule has 0 radical (unpaired) electrons. The number of aliphatic hydroxyl groups excluding tert-OH is 3. The second-order valence-corrected chi connectivity index (χ2v) is 5.09. The number of likely N-dealkylation sites (tertiary alicyclic amines) is 1. The Balaban J connectivity index is 2.71. The van der Waals surface area contributed by atoms with E-state index in [0.29, 0.717) is 6.54 Å². The summed E-state index contributed by atoms with van der Waals surface area (Å²) in [4.78, 5) is 13.6. The Bertz CT molecular complexity index is 288. The minimum Gasteiger partial charge on any atom is -0.395 e. The number of hydrogen-bond acceptors (Lipinski definition) is 5. The molecule has 0 aromatic rings. The summed E-state index contributed by atoms with van der Waals surface area (Å²) in [5, 5.41) is 31.7. The fourth-order valence-electron chi connectivity index (χ4n) is 2.71. The van der Waals surface area contributed by atoms with Crippen molar-refractivity contribution in [3.63, 3.8) is 0 Å². The van der Waals surface area contributed by atoms with Crippen molar-refractivity contribution in [3.8, 4) is 0 Å². The lowest BCUT2D eigenvalue weighted by molar-refractivity contribution is -0.128. The van der Waals surface area contributed by atoms with Crippen LogP contribution in [-0.2, 0) is 4.79 Å². The van der Waals surface area contributed by atoms with E-state index in [-0.39, 0.29) is 12.5 Å². The van der Waals surface area contributed by atoms with Gasteiger partial charge >= 0.3 is 0 Å². The number of aliphatic hydroxyl groups is 3. The number of carbonyl (C=O) groups is 1. The minimum atomic E-state index is -1.15. The maximum Gasteiger partial charge on any atom is 0.239 e. The van der Waals surface area contributed by atoms with Crippen molar-refractivity contribution in [3.05, 3.63) is 0 Å². The zero-order valence-electron chi connectivity index (χ0n) is 11.7. The Morgan fingerprint density at radius 2 is 1.89 bits per heavy atom. The van der Waals surface area contributed by atoms with Gasteiger partial charge in [-0.25, -0.2) is 0 Å². The van der Waals surface area contributed by atoms with Crippen LogP contribution >= 0.6 is 0 Å². The molecule has 0 aromatic carbocycles. The number of amides is 1. The van der Waals surface area contributed by atoms with Crippen LogP contribution in [0.2, 0.25) is 0 Å². The average molecular weight is 274 g/mol. The molecule has 1 amide bonds. The van der Waals surface area contributed by atoms with Gasteiger partial charge in [0.25, 0.3) is 0 Å². The molecule has 112 valence electrons. The fraction of sp³-hybridized carbons (Fsp3) is 0.923. The summed E-state index contributed by atoms with van der Waals surface area (Å²) in [5.41, 5.74) is 0. The lowest BCUT2D eigenvalue weighted by atomic mass is 10.1. The van der Waals surface area contributed by atoms with Gasteiger partial charge in [0, 0.05) is 7.05 Å². The number of nitrogens with zero attached hydrogens (tertiary/aromatic N) is 1. The molecule has 6 nitrogen and oxygen atoms in total. The smallest absolute Gasteiger partial charge is 0.239 e. The predicted molar refractivity (Wildman–Crippen MR) is 71.6 cm³/mol. The Morgan fingerprint density at radius 1 is 1.21 bits per heavy atom. The van der Waals surface area contributed by atoms with E-state index in [4.69, 9.17) is 0 Å². The van der Waals surface area contributed by atoms with Gasteiger partial charge in [0.1, 0.15) is 12.1 Å². The first-order chi connectivity index (χ1) is 9.08. The summed E-state index contributed by atoms with van der Waals surface area (Å²) in [6.07, 6.45) is 1.93. The zero-order valence-corrected chi connectivity index (χ0v) is 11.7. The van der Waals surface area contributed by atoms with Crippen molar-refractivity contribution >= 4 is 5.91 Å². The molecule has 2 unspecified atom stereocenters. The Morgan fingerprint density at radius 3 is 2.42 bits per heavy atom. The molecule has 0 aliphatic carbocycles. The van der Waals surface area contributed by atoms with Crippen molar-refractivity contribution < 1.29 is 20.1 Å². The highest BCUT2D eigenvalue weighted by molar-refractivity contribution is 5.82. The second kappa shape index (κ2) is 7.79. The molecule has 1 aliphatic heterocycles. The van der Waals surface area contributed by atoms with Gasteiger partial charge in [-0.15, -0.1) is 0 Å². The number of nitrogens with one attached hydrogen (secondary N) is 1. The Labute approximate surface area is 114 Å². The van der Waals surface area contributed by atoms with E-state index in [9.17, 15) is 20.1 Å². The summed E-state index contributed by atoms with van der Waals surface area (Å²) in [6, 6.07) is -1.35. The van der Waals surface area contributed by atoms with Crippen molar-refractivity contribution in [2.24, 2.45) is 0 Å². The van der Waals surface area contributed by atoms with Gasteiger partial charge in [0.05, 0.1) is 18.8 Å². The molecule has 1 heterocycles. The average Bonchev–Trinajstić information content (AvgIpc) is 2.66. The maximum atomic E-state index is 11.8. The third-order valence-corrected chi connectivity index (χ3v) is 3.82. The molecule has 1 fully saturated rings. The molecular formula is C13H26N2O4. The number of rotatable bonds is 7. The molecule has 19 heavy (non-hydrogen) atoms. The summed E-state index contributed by atoms with van der Waals surface area (Å²) < 4.78 is 0. The molecule has 1 rings (SSSR count). The normalized spacial score (nSPS) is 31.6. The van der Waals surface area contributed by atoms with E-state index in [1.165, 1.54) is 7.05 Å². The molecule has 0 aromatic heterocycles. The van der Waals surface area contributed by atoms with E-state index < -0.39 is 24.3 Å². The van der Waals surface area contributed by atoms with Crippen LogP contribution in [0.4, 0.5) is 0 Å². The van der Waals surface area contributed by atoms with Crippen molar-refractivity contribution in [1.29, 1.82) is 0 Å². The van der Waals surface area contributed by atoms with Gasteiger partial charge in [0.15, 0.2) is 0 Å². The van der Waals surface area contributed by atoms with Crippen molar-refractivity contribution in [2.45, 2.75) is 56.9 Å². The van der Waals surface area contributed by atoms with Crippen LogP contribution in [0, 0.1) is 0 Å². The summed E-state index contributed by atoms with van der Waals surface area (Å²) in [7, 11) is 1.50. The first kappa shape index (κ1) is 16.4. The van der Waals surface area contributed by atoms with E-state index in [1.807, 2.05) is 0 Å². The fourth-order valence-corrected chi connectivity index (χ4v) is 2.71. The van der Waals surface area contributed by atoms with Crippen LogP contribution in [0.15, 0.2) is 0 Å². The Hall–Kier alpha value is -0.690. The van der Waals surface area contributed by atoms with Gasteiger partial charge in [-0.2, -0.15) is 0 Å². The minimum absolute atomic E-state index is 0.264. The molecule has 0 bridgehead atoms. The monoisotopic (exact) mass is 274 g/mol. The quantitative estimate of drug-likeness (QED) is 0.451. The standard InChI is InChI=1S/C13H26N2O4/c1-3-4-5-6-7-15-9(8-16)11(17)12(18)10(15)13(19)14-2/h9-12,16-18H,3-8H2,1-2H3,(H,14,19)/t9?,10-,11?,12+/m0/s1. The number of unbranched alkanes of at least 4 members (excludes halogenated alkanes) is 3. The van der Waals surface area contributed by atoms with Crippen LogP contribution in [-0.4, -0.2) is 70.6 Å². The van der Waals surface area contributed by atoms with E-state index in [1.54, 1.807) is 4.90 Å². The third kappa shape index (κ3) is 3.66. The van der Waals surface area contributed by atoms with Crippen LogP contribution in [0.5, 0.6) is 0 Å². The van der Waals surface area contributed by atoms with E-state index in [2.05, 4.69) is 12.2 Å². The molecule has 4 N–H and O–H groups in total. The molecule has 1 saturated heterocycles. The van der Waals surface area contributed by atoms with Crippen molar-refractivity contribution in [2.75, 3.05) is 20.2 Å². The molecule has 0 saturated carbocycles. The van der Waals surface area contributed by atoms with Gasteiger partial charge in [-0.1, -0.05) is 26.2 Å². The van der Waals surface area contributed by atoms with Crippen molar-refractivity contribution in [1.82, 2.24) is 10.2 Å². The molecule has 4 atom stereocenters. The topological polar surface area (TPSA) is 93.0 Å². The highest BCUT2D eigenvalue weighted by atomic mass is 16.3. The van der Waals surface area contributed by atoms with Gasteiger partial charge in [0.2, 0.25) is 5.91 Å². The van der Waals surface area contributed by atoms with E-state index >= 15 is 0 Å². The number of likely N-dealkylation sites (N-methyl/N-ethyl adjacent to an activating group) is 1. The van der Waals surface area contributed by atoms with Gasteiger partial charge in [-0.3, -0.25) is 9.69 Å². The summed E-state index contributed by atoms with van der Waals surface area (Å²) in [5.74, 6) is -0.321. The second-order valence-electron chi connectivity index (χ2n) is 5.09. The molecule has 0 spiro atoms. The van der Waals surface area contributed by atoms with Crippen LogP contribution in [0.1, 0.15) is 32.6 Å². The molecule has 6 heteroatoms. The largest absolute Gasteiger partial charge is 0.395 e. The van der Waals surface area contributed by atoms with Crippen LogP contribution < -0.4 is 5.32 Å². The lowest BCUT2D eigenvalue weighted by Gasteiger charge is -2.28. The summed E-state index contributed by atoms with van der Waals surface area (Å²) >= 11 is 0. The lowest BCUT2D eigenvalue weighted by Crippen LogP contribution is -2.49. The SMILES string of the molecule is CCCCCCN1C(CO)C(O)[C@H](O)[C@H]1C(=O)NC. The van der Waals surface area contributed by atoms with Gasteiger partial charge < -0.3 is 20.6 Å². The third-order valence-electron chi connectivity index (χ3n) is 3.82. The highest BCUT2D eigenvalue weighted by Crippen LogP contribution is 2.26. The number of carbonyl (C=O) groups excluding carboxylic acids is 1. The highest BCUT2D eigenvalue weighted by Gasteiger charge is 2.49. The van der Waals surface area contributed by atoms with Crippen LogP contribution in [0.3, 0.4) is 0 Å². The molecule has 1 aliphatic rings. The van der Waals surface area contributed by atoms with Crippen LogP contribution in [0.25, 0.3) is 0 Å². The first-order valence-corrected chi connectivity index (χ1v) is 7.02. The Kier molecular flexibility index (Phi) is 6.71. The predicted octanol–water partition coefficient (Wildman–Crippen LogP) is -0.920. The summed E-state index contributed by atoms with van der Waals surface area (Å²) in [6.45, 7) is 2.45. The molecular weight excluding hydrogens is 248 g/mol. The zero-order chi connectivity index (χ0) is 14.4. The number of hydrogen-bond donors (Lipinski definition) is 4. The maximum absolute atomic E-state index is 11.8. The first-order valence-electron chi connectivity index (χ1n) is 7.02. The van der Waals surface area contributed by atoms with E-state index in [0.717, 1.165) is 25.7 Å².